The highest BCUT2D eigenvalue weighted by atomic mass is 16.5. The van der Waals surface area contributed by atoms with Crippen molar-refractivity contribution in [2.45, 2.75) is 32.8 Å². The van der Waals surface area contributed by atoms with Gasteiger partial charge in [0.25, 0.3) is 0 Å². The van der Waals surface area contributed by atoms with Crippen molar-refractivity contribution >= 4 is 11.6 Å². The summed E-state index contributed by atoms with van der Waals surface area (Å²) in [5.41, 5.74) is 3.10. The van der Waals surface area contributed by atoms with Gasteiger partial charge in [-0.2, -0.15) is 0 Å². The molecule has 0 aromatic heterocycles. The van der Waals surface area contributed by atoms with Gasteiger partial charge in [0.05, 0.1) is 12.6 Å². The van der Waals surface area contributed by atoms with Gasteiger partial charge in [-0.3, -0.25) is 4.79 Å². The van der Waals surface area contributed by atoms with Crippen molar-refractivity contribution in [2.75, 3.05) is 25.0 Å². The average molecular weight is 262 g/mol. The van der Waals surface area contributed by atoms with E-state index in [1.165, 1.54) is 0 Å². The second-order valence-corrected chi connectivity index (χ2v) is 5.08. The largest absolute Gasteiger partial charge is 0.377 e. The van der Waals surface area contributed by atoms with Crippen molar-refractivity contribution in [1.82, 2.24) is 5.32 Å². The van der Waals surface area contributed by atoms with Crippen LogP contribution in [-0.2, 0) is 9.53 Å². The zero-order chi connectivity index (χ0) is 13.7. The molecule has 4 heteroatoms. The van der Waals surface area contributed by atoms with Gasteiger partial charge < -0.3 is 15.4 Å². The third kappa shape index (κ3) is 4.04. The Morgan fingerprint density at radius 3 is 2.74 bits per heavy atom. The van der Waals surface area contributed by atoms with Crippen LogP contribution in [0.4, 0.5) is 5.69 Å². The number of carbonyl (C=O) groups excluding carboxylic acids is 1. The van der Waals surface area contributed by atoms with Gasteiger partial charge in [-0.1, -0.05) is 18.2 Å². The van der Waals surface area contributed by atoms with Crippen molar-refractivity contribution in [3.63, 3.8) is 0 Å². The van der Waals surface area contributed by atoms with E-state index < -0.39 is 0 Å². The average Bonchev–Trinajstić information content (AvgIpc) is 2.87. The van der Waals surface area contributed by atoms with Crippen molar-refractivity contribution in [3.8, 4) is 0 Å². The van der Waals surface area contributed by atoms with Crippen molar-refractivity contribution in [3.05, 3.63) is 29.3 Å². The van der Waals surface area contributed by atoms with E-state index in [2.05, 4.69) is 10.6 Å². The van der Waals surface area contributed by atoms with Gasteiger partial charge in [0.1, 0.15) is 0 Å². The number of para-hydroxylation sites is 1. The Hall–Kier alpha value is -1.39. The second kappa shape index (κ2) is 6.68. The number of aryl methyl sites for hydroxylation is 2. The molecule has 0 aliphatic carbocycles. The highest BCUT2D eigenvalue weighted by Crippen LogP contribution is 2.19. The molecule has 0 spiro atoms. The molecule has 19 heavy (non-hydrogen) atoms. The molecule has 1 atom stereocenters. The third-order valence-corrected chi connectivity index (χ3v) is 3.43. The summed E-state index contributed by atoms with van der Waals surface area (Å²) in [6, 6.07) is 6.00. The van der Waals surface area contributed by atoms with E-state index in [1.54, 1.807) is 0 Å². The zero-order valence-electron chi connectivity index (χ0n) is 11.7. The molecule has 1 aromatic rings. The number of carbonyl (C=O) groups is 1. The van der Waals surface area contributed by atoms with E-state index >= 15 is 0 Å². The zero-order valence-corrected chi connectivity index (χ0v) is 11.7. The summed E-state index contributed by atoms with van der Waals surface area (Å²) in [7, 11) is 0. The first-order chi connectivity index (χ1) is 9.16. The number of hydrogen-bond donors (Lipinski definition) is 2. The second-order valence-electron chi connectivity index (χ2n) is 5.08. The Labute approximate surface area is 114 Å². The molecule has 2 N–H and O–H groups in total. The summed E-state index contributed by atoms with van der Waals surface area (Å²) >= 11 is 0. The normalized spacial score (nSPS) is 18.5. The highest BCUT2D eigenvalue weighted by molar-refractivity contribution is 5.93. The van der Waals surface area contributed by atoms with Gasteiger partial charge in [-0.15, -0.1) is 0 Å². The molecule has 1 fully saturated rings. The molecule has 1 aliphatic rings. The van der Waals surface area contributed by atoms with Crippen LogP contribution in [0, 0.1) is 13.8 Å². The lowest BCUT2D eigenvalue weighted by molar-refractivity contribution is -0.115. The summed E-state index contributed by atoms with van der Waals surface area (Å²) in [6.07, 6.45) is 2.49. The smallest absolute Gasteiger partial charge is 0.238 e. The molecule has 1 saturated heterocycles. The van der Waals surface area contributed by atoms with E-state index in [0.717, 1.165) is 42.8 Å². The summed E-state index contributed by atoms with van der Waals surface area (Å²) in [5, 5.41) is 6.11. The molecule has 0 radical (unpaired) electrons. The van der Waals surface area contributed by atoms with Crippen LogP contribution in [0.2, 0.25) is 0 Å². The van der Waals surface area contributed by atoms with E-state index in [1.807, 2.05) is 32.0 Å². The summed E-state index contributed by atoms with van der Waals surface area (Å²) in [4.78, 5) is 11.9. The van der Waals surface area contributed by atoms with Gasteiger partial charge in [0.2, 0.25) is 5.91 Å². The van der Waals surface area contributed by atoms with Crippen LogP contribution in [0.25, 0.3) is 0 Å². The van der Waals surface area contributed by atoms with Crippen LogP contribution in [0.15, 0.2) is 18.2 Å². The highest BCUT2D eigenvalue weighted by Gasteiger charge is 2.15. The molecule has 1 amide bonds. The fraction of sp³-hybridized carbons (Fsp3) is 0.533. The number of anilines is 1. The van der Waals surface area contributed by atoms with Crippen molar-refractivity contribution in [1.29, 1.82) is 0 Å². The lowest BCUT2D eigenvalue weighted by Crippen LogP contribution is -2.33. The Morgan fingerprint density at radius 2 is 2.11 bits per heavy atom. The van der Waals surface area contributed by atoms with Crippen LogP contribution in [0.3, 0.4) is 0 Å². The minimum Gasteiger partial charge on any atom is -0.377 e. The van der Waals surface area contributed by atoms with Crippen molar-refractivity contribution in [2.24, 2.45) is 0 Å². The fourth-order valence-corrected chi connectivity index (χ4v) is 2.35. The number of rotatable bonds is 5. The lowest BCUT2D eigenvalue weighted by Gasteiger charge is -2.13. The molecule has 104 valence electrons. The third-order valence-electron chi connectivity index (χ3n) is 3.43. The number of nitrogens with one attached hydrogen (secondary N) is 2. The molecule has 4 nitrogen and oxygen atoms in total. The predicted octanol–water partition coefficient (Wildman–Crippen LogP) is 2.01. The number of ether oxygens (including phenoxy) is 1. The first-order valence-corrected chi connectivity index (χ1v) is 6.85. The quantitative estimate of drug-likeness (QED) is 0.853. The first kappa shape index (κ1) is 14.0. The maximum absolute atomic E-state index is 11.9. The molecular weight excluding hydrogens is 240 g/mol. The molecule has 2 rings (SSSR count). The maximum Gasteiger partial charge on any atom is 0.238 e. The van der Waals surface area contributed by atoms with Gasteiger partial charge in [-0.05, 0) is 37.8 Å². The standard InChI is InChI=1S/C15H22N2O2/c1-11-5-3-6-12(2)15(11)17-14(18)10-16-9-13-7-4-8-19-13/h3,5-6,13,16H,4,7-10H2,1-2H3,(H,17,18). The SMILES string of the molecule is Cc1cccc(C)c1NC(=O)CNCC1CCCO1. The Morgan fingerprint density at radius 1 is 1.37 bits per heavy atom. The van der Waals surface area contributed by atoms with Crippen molar-refractivity contribution < 1.29 is 9.53 Å². The van der Waals surface area contributed by atoms with E-state index in [4.69, 9.17) is 4.74 Å². The van der Waals surface area contributed by atoms with E-state index in [9.17, 15) is 4.79 Å². The molecule has 0 saturated carbocycles. The Kier molecular flexibility index (Phi) is 4.93. The molecular formula is C15H22N2O2. The molecule has 1 aliphatic heterocycles. The van der Waals surface area contributed by atoms with Crippen LogP contribution in [-0.4, -0.2) is 31.7 Å². The molecule has 1 aromatic carbocycles. The predicted molar refractivity (Wildman–Crippen MR) is 76.4 cm³/mol. The van der Waals surface area contributed by atoms with Crippen LogP contribution in [0.1, 0.15) is 24.0 Å². The van der Waals surface area contributed by atoms with Crippen LogP contribution < -0.4 is 10.6 Å². The molecule has 1 unspecified atom stereocenters. The minimum absolute atomic E-state index is 0.00426. The number of amides is 1. The van der Waals surface area contributed by atoms with Gasteiger partial charge in [-0.25, -0.2) is 0 Å². The van der Waals surface area contributed by atoms with E-state index in [-0.39, 0.29) is 12.0 Å². The molecule has 0 bridgehead atoms. The summed E-state index contributed by atoms with van der Waals surface area (Å²) in [5.74, 6) is -0.00426. The first-order valence-electron chi connectivity index (χ1n) is 6.85. The van der Waals surface area contributed by atoms with Gasteiger partial charge in [0, 0.05) is 18.8 Å². The minimum atomic E-state index is -0.00426. The fourth-order valence-electron chi connectivity index (χ4n) is 2.35. The summed E-state index contributed by atoms with van der Waals surface area (Å²) < 4.78 is 5.50. The Balaban J connectivity index is 1.77. The topological polar surface area (TPSA) is 50.4 Å². The lowest BCUT2D eigenvalue weighted by atomic mass is 10.1. The summed E-state index contributed by atoms with van der Waals surface area (Å²) in [6.45, 7) is 5.93. The monoisotopic (exact) mass is 262 g/mol. The number of hydrogen-bond acceptors (Lipinski definition) is 3. The van der Waals surface area contributed by atoms with Crippen LogP contribution in [0.5, 0.6) is 0 Å². The van der Waals surface area contributed by atoms with Gasteiger partial charge >= 0.3 is 0 Å². The maximum atomic E-state index is 11.9. The Bertz CT molecular complexity index is 420. The van der Waals surface area contributed by atoms with Crippen LogP contribution >= 0.6 is 0 Å². The number of benzene rings is 1. The van der Waals surface area contributed by atoms with E-state index in [0.29, 0.717) is 6.54 Å². The molecule has 1 heterocycles. The van der Waals surface area contributed by atoms with Gasteiger partial charge in [0.15, 0.2) is 0 Å².